The molecule has 2 aliphatic heterocycles. The van der Waals surface area contributed by atoms with Crippen LogP contribution in [0.15, 0.2) is 45.7 Å². The molecule has 2 atom stereocenters. The third-order valence-electron chi connectivity index (χ3n) is 6.79. The fourth-order valence-electron chi connectivity index (χ4n) is 4.80. The van der Waals surface area contributed by atoms with Gasteiger partial charge in [-0.3, -0.25) is 4.79 Å². The molecule has 2 aliphatic rings. The number of fused-ring (bicyclic) bond motifs is 1. The maximum Gasteiger partial charge on any atom is 0.409 e. The fourth-order valence-corrected chi connectivity index (χ4v) is 6.49. The highest BCUT2D eigenvalue weighted by atomic mass is 35.5. The number of ether oxygens (including phenoxy) is 1. The van der Waals surface area contributed by atoms with Crippen LogP contribution in [0.25, 0.3) is 11.5 Å². The SMILES string of the molecule is COC(=O)N1CCCC(c2nnc(-c3cc4c(cc3F)S(=O)(=O)C[C@H](N)C(=O)N4Cc3ccc(Cl)cc3)o2)C1. The Morgan fingerprint density at radius 1 is 1.26 bits per heavy atom. The number of hydrogen-bond acceptors (Lipinski definition) is 9. The standard InChI is InChI=1S/C25H25ClFN5O6S/c1-37-25(34)31-8-2-3-15(12-31)22-29-30-23(38-22)17-9-20-21(10-18(17)27)39(35,36)13-19(28)24(33)32(20)11-14-4-6-16(26)7-5-14/h4-7,9-10,15,19H,2-3,8,11-13,28H2,1H3/t15?,19-/m0/s1. The van der Waals surface area contributed by atoms with Crippen molar-refractivity contribution in [1.82, 2.24) is 15.1 Å². The normalized spacial score (nSPS) is 20.9. The monoisotopic (exact) mass is 577 g/mol. The molecule has 3 heterocycles. The number of nitrogens with zero attached hydrogens (tertiary/aromatic N) is 4. The average molecular weight is 578 g/mol. The largest absolute Gasteiger partial charge is 0.453 e. The Balaban J connectivity index is 1.54. The molecule has 11 nitrogen and oxygen atoms in total. The molecule has 2 aromatic carbocycles. The minimum atomic E-state index is -4.11. The average Bonchev–Trinajstić information content (AvgIpc) is 3.40. The number of carbonyl (C=O) groups excluding carboxylic acids is 2. The van der Waals surface area contributed by atoms with Crippen LogP contribution in [0.5, 0.6) is 0 Å². The van der Waals surface area contributed by atoms with Gasteiger partial charge in [0.2, 0.25) is 11.8 Å². The number of likely N-dealkylation sites (tertiary alicyclic amines) is 1. The van der Waals surface area contributed by atoms with Crippen LogP contribution < -0.4 is 10.6 Å². The molecule has 2 amide bonds. The second-order valence-electron chi connectivity index (χ2n) is 9.44. The van der Waals surface area contributed by atoms with Gasteiger partial charge in [-0.2, -0.15) is 0 Å². The summed E-state index contributed by atoms with van der Waals surface area (Å²) in [7, 11) is -2.81. The molecule has 0 aliphatic carbocycles. The van der Waals surface area contributed by atoms with Gasteiger partial charge in [0.1, 0.15) is 5.82 Å². The predicted molar refractivity (Wildman–Crippen MR) is 138 cm³/mol. The van der Waals surface area contributed by atoms with Gasteiger partial charge in [-0.15, -0.1) is 10.2 Å². The summed E-state index contributed by atoms with van der Waals surface area (Å²) in [5.41, 5.74) is 6.39. The second-order valence-corrected chi connectivity index (χ2v) is 11.9. The van der Waals surface area contributed by atoms with E-state index in [1.165, 1.54) is 23.0 Å². The molecule has 0 radical (unpaired) electrons. The molecule has 1 fully saturated rings. The Bertz CT molecular complexity index is 1530. The fraction of sp³-hybridized carbons (Fsp3) is 0.360. The van der Waals surface area contributed by atoms with Crippen LogP contribution in [0.2, 0.25) is 5.02 Å². The highest BCUT2D eigenvalue weighted by molar-refractivity contribution is 7.91. The van der Waals surface area contributed by atoms with Gasteiger partial charge in [-0.05, 0) is 42.7 Å². The first-order valence-corrected chi connectivity index (χ1v) is 14.1. The van der Waals surface area contributed by atoms with E-state index in [1.54, 1.807) is 24.3 Å². The first-order valence-electron chi connectivity index (χ1n) is 12.1. The van der Waals surface area contributed by atoms with Crippen LogP contribution in [0, 0.1) is 5.82 Å². The summed E-state index contributed by atoms with van der Waals surface area (Å²) < 4.78 is 52.1. The third kappa shape index (κ3) is 5.34. The number of aromatic nitrogens is 2. The molecule has 206 valence electrons. The van der Waals surface area contributed by atoms with Gasteiger partial charge in [0.25, 0.3) is 5.89 Å². The van der Waals surface area contributed by atoms with E-state index in [1.807, 2.05) is 0 Å². The van der Waals surface area contributed by atoms with Crippen LogP contribution >= 0.6 is 11.6 Å². The van der Waals surface area contributed by atoms with E-state index < -0.39 is 39.4 Å². The van der Waals surface area contributed by atoms with Crippen molar-refractivity contribution >= 4 is 39.1 Å². The Morgan fingerprint density at radius 2 is 2.00 bits per heavy atom. The van der Waals surface area contributed by atoms with Gasteiger partial charge in [-0.1, -0.05) is 23.7 Å². The van der Waals surface area contributed by atoms with E-state index in [-0.39, 0.29) is 40.4 Å². The number of methoxy groups -OCH3 is 1. The Hall–Kier alpha value is -3.55. The number of amides is 2. The van der Waals surface area contributed by atoms with Crippen LogP contribution in [-0.2, 0) is 25.9 Å². The zero-order valence-corrected chi connectivity index (χ0v) is 22.4. The molecule has 14 heteroatoms. The number of carbonyl (C=O) groups is 2. The molecular weight excluding hydrogens is 553 g/mol. The van der Waals surface area contributed by atoms with E-state index >= 15 is 4.39 Å². The lowest BCUT2D eigenvalue weighted by atomic mass is 9.98. The molecule has 1 aromatic heterocycles. The van der Waals surface area contributed by atoms with Crippen molar-refractivity contribution in [2.24, 2.45) is 5.73 Å². The Morgan fingerprint density at radius 3 is 2.72 bits per heavy atom. The smallest absolute Gasteiger partial charge is 0.409 e. The van der Waals surface area contributed by atoms with Crippen LogP contribution in [-0.4, -0.2) is 67.5 Å². The zero-order chi connectivity index (χ0) is 27.9. The quantitative estimate of drug-likeness (QED) is 0.493. The van der Waals surface area contributed by atoms with Crippen molar-refractivity contribution in [2.75, 3.05) is 30.9 Å². The first kappa shape index (κ1) is 27.0. The van der Waals surface area contributed by atoms with E-state index in [0.717, 1.165) is 6.07 Å². The summed E-state index contributed by atoms with van der Waals surface area (Å²) in [5, 5.41) is 8.55. The van der Waals surface area contributed by atoms with Gasteiger partial charge in [0, 0.05) is 18.1 Å². The van der Waals surface area contributed by atoms with E-state index in [0.29, 0.717) is 36.5 Å². The number of anilines is 1. The topological polar surface area (TPSA) is 149 Å². The van der Waals surface area contributed by atoms with E-state index in [4.69, 9.17) is 26.5 Å². The Labute approximate surface area is 228 Å². The van der Waals surface area contributed by atoms with Crippen molar-refractivity contribution in [2.45, 2.75) is 36.2 Å². The maximum absolute atomic E-state index is 15.4. The van der Waals surface area contributed by atoms with Gasteiger partial charge < -0.3 is 24.7 Å². The second kappa shape index (κ2) is 10.5. The molecule has 0 bridgehead atoms. The number of benzene rings is 2. The minimum absolute atomic E-state index is 0.0299. The molecule has 1 saturated heterocycles. The Kier molecular flexibility index (Phi) is 7.31. The number of rotatable bonds is 4. The lowest BCUT2D eigenvalue weighted by Gasteiger charge is -2.29. The first-order chi connectivity index (χ1) is 18.6. The van der Waals surface area contributed by atoms with Crippen LogP contribution in [0.4, 0.5) is 14.9 Å². The summed E-state index contributed by atoms with van der Waals surface area (Å²) in [6.07, 6.45) is 0.882. The lowest BCUT2D eigenvalue weighted by molar-refractivity contribution is -0.119. The van der Waals surface area contributed by atoms with Crippen LogP contribution in [0.3, 0.4) is 0 Å². The van der Waals surface area contributed by atoms with E-state index in [2.05, 4.69) is 10.2 Å². The minimum Gasteiger partial charge on any atom is -0.453 e. The maximum atomic E-state index is 15.4. The number of piperidine rings is 1. The molecular formula is C25H25ClFN5O6S. The third-order valence-corrected chi connectivity index (χ3v) is 8.83. The van der Waals surface area contributed by atoms with Gasteiger partial charge in [0.05, 0.1) is 47.5 Å². The number of halogens is 2. The van der Waals surface area contributed by atoms with Crippen molar-refractivity contribution in [3.05, 3.63) is 58.7 Å². The molecule has 5 rings (SSSR count). The highest BCUT2D eigenvalue weighted by Crippen LogP contribution is 2.38. The highest BCUT2D eigenvalue weighted by Gasteiger charge is 2.38. The van der Waals surface area contributed by atoms with Crippen molar-refractivity contribution in [3.8, 4) is 11.5 Å². The summed E-state index contributed by atoms with van der Waals surface area (Å²) in [4.78, 5) is 27.6. The molecule has 1 unspecified atom stereocenters. The lowest BCUT2D eigenvalue weighted by Crippen LogP contribution is -2.45. The molecule has 0 saturated carbocycles. The number of sulfone groups is 1. The zero-order valence-electron chi connectivity index (χ0n) is 20.8. The van der Waals surface area contributed by atoms with Crippen molar-refractivity contribution < 1.29 is 31.6 Å². The predicted octanol–water partition coefficient (Wildman–Crippen LogP) is 3.12. The number of nitrogens with two attached hydrogens (primary N) is 1. The van der Waals surface area contributed by atoms with E-state index in [9.17, 15) is 18.0 Å². The summed E-state index contributed by atoms with van der Waals surface area (Å²) in [6, 6.07) is 7.38. The molecule has 3 aromatic rings. The molecule has 2 N–H and O–H groups in total. The van der Waals surface area contributed by atoms with Crippen molar-refractivity contribution in [3.63, 3.8) is 0 Å². The summed E-state index contributed by atoms with van der Waals surface area (Å²) in [6.45, 7) is 0.788. The molecule has 0 spiro atoms. The summed E-state index contributed by atoms with van der Waals surface area (Å²) in [5.74, 6) is -2.49. The van der Waals surface area contributed by atoms with Gasteiger partial charge in [-0.25, -0.2) is 17.6 Å². The van der Waals surface area contributed by atoms with Crippen LogP contribution in [0.1, 0.15) is 30.2 Å². The van der Waals surface area contributed by atoms with Gasteiger partial charge >= 0.3 is 6.09 Å². The van der Waals surface area contributed by atoms with Gasteiger partial charge in [0.15, 0.2) is 9.84 Å². The molecule has 39 heavy (non-hydrogen) atoms. The number of hydrogen-bond donors (Lipinski definition) is 1. The van der Waals surface area contributed by atoms with Crippen molar-refractivity contribution in [1.29, 1.82) is 0 Å². The summed E-state index contributed by atoms with van der Waals surface area (Å²) >= 11 is 5.98.